The molecule has 1 aliphatic rings. The van der Waals surface area contributed by atoms with Crippen molar-refractivity contribution >= 4 is 21.7 Å². The van der Waals surface area contributed by atoms with Crippen molar-refractivity contribution in [3.05, 3.63) is 82.2 Å². The molecule has 0 bridgehead atoms. The van der Waals surface area contributed by atoms with Crippen LogP contribution in [-0.2, 0) is 6.42 Å². The summed E-state index contributed by atoms with van der Waals surface area (Å²) < 4.78 is 5.46. The SMILES string of the molecule is O=c1oc2ccccc2c2cc3c(cc12)Cc1ccccc1-3. The molecule has 104 valence electrons. The third kappa shape index (κ3) is 1.47. The van der Waals surface area contributed by atoms with E-state index in [0.29, 0.717) is 11.0 Å². The van der Waals surface area contributed by atoms with E-state index in [4.69, 9.17) is 4.42 Å². The third-order valence-corrected chi connectivity index (χ3v) is 4.53. The van der Waals surface area contributed by atoms with Gasteiger partial charge in [-0.05, 0) is 46.9 Å². The summed E-state index contributed by atoms with van der Waals surface area (Å²) in [5, 5.41) is 2.64. The number of fused-ring (bicyclic) bond motifs is 6. The Morgan fingerprint density at radius 3 is 2.50 bits per heavy atom. The zero-order chi connectivity index (χ0) is 14.7. The van der Waals surface area contributed by atoms with Gasteiger partial charge in [-0.3, -0.25) is 0 Å². The first kappa shape index (κ1) is 11.8. The molecule has 0 amide bonds. The average Bonchev–Trinajstić information content (AvgIpc) is 2.91. The fourth-order valence-electron chi connectivity index (χ4n) is 3.51. The minimum Gasteiger partial charge on any atom is -0.422 e. The van der Waals surface area contributed by atoms with E-state index in [1.807, 2.05) is 30.3 Å². The van der Waals surface area contributed by atoms with Crippen LogP contribution in [0, 0.1) is 0 Å². The summed E-state index contributed by atoms with van der Waals surface area (Å²) >= 11 is 0. The lowest BCUT2D eigenvalue weighted by Gasteiger charge is -2.06. The van der Waals surface area contributed by atoms with Gasteiger partial charge in [-0.25, -0.2) is 4.79 Å². The highest BCUT2D eigenvalue weighted by Gasteiger charge is 2.20. The van der Waals surface area contributed by atoms with Crippen LogP contribution in [0.3, 0.4) is 0 Å². The van der Waals surface area contributed by atoms with Gasteiger partial charge in [0, 0.05) is 10.8 Å². The van der Waals surface area contributed by atoms with Crippen LogP contribution >= 0.6 is 0 Å². The van der Waals surface area contributed by atoms with Crippen molar-refractivity contribution in [2.24, 2.45) is 0 Å². The summed E-state index contributed by atoms with van der Waals surface area (Å²) in [7, 11) is 0. The van der Waals surface area contributed by atoms with E-state index in [1.165, 1.54) is 22.3 Å². The van der Waals surface area contributed by atoms with Crippen molar-refractivity contribution in [1.82, 2.24) is 0 Å². The van der Waals surface area contributed by atoms with Crippen LogP contribution in [0.25, 0.3) is 32.9 Å². The minimum atomic E-state index is -0.257. The third-order valence-electron chi connectivity index (χ3n) is 4.53. The summed E-state index contributed by atoms with van der Waals surface area (Å²) in [6.45, 7) is 0. The first-order chi connectivity index (χ1) is 10.8. The maximum absolute atomic E-state index is 12.3. The van der Waals surface area contributed by atoms with Crippen LogP contribution in [0.4, 0.5) is 0 Å². The predicted octanol–water partition coefficient (Wildman–Crippen LogP) is 4.52. The standard InChI is InChI=1S/C20H12O2/c21-20-18-10-13-9-12-5-1-2-6-14(12)16(13)11-17(18)15-7-3-4-8-19(15)22-20/h1-8,10-11H,9H2. The normalized spacial score (nSPS) is 12.5. The number of benzene rings is 3. The Bertz CT molecular complexity index is 1120. The van der Waals surface area contributed by atoms with Crippen LogP contribution < -0.4 is 5.63 Å². The van der Waals surface area contributed by atoms with Gasteiger partial charge in [0.1, 0.15) is 5.58 Å². The summed E-state index contributed by atoms with van der Waals surface area (Å²) in [5.41, 5.74) is 5.42. The summed E-state index contributed by atoms with van der Waals surface area (Å²) in [6, 6.07) is 20.3. The lowest BCUT2D eigenvalue weighted by atomic mass is 9.99. The van der Waals surface area contributed by atoms with Gasteiger partial charge in [0.2, 0.25) is 0 Å². The van der Waals surface area contributed by atoms with Crippen LogP contribution in [-0.4, -0.2) is 0 Å². The quantitative estimate of drug-likeness (QED) is 0.309. The molecule has 3 aromatic carbocycles. The van der Waals surface area contributed by atoms with Crippen LogP contribution in [0.15, 0.2) is 69.9 Å². The molecule has 0 atom stereocenters. The van der Waals surface area contributed by atoms with Crippen molar-refractivity contribution < 1.29 is 4.42 Å². The summed E-state index contributed by atoms with van der Waals surface area (Å²) in [5.74, 6) is 0. The molecule has 1 heterocycles. The molecule has 0 aliphatic heterocycles. The Morgan fingerprint density at radius 1 is 0.727 bits per heavy atom. The minimum absolute atomic E-state index is 0.257. The Morgan fingerprint density at radius 2 is 1.55 bits per heavy atom. The number of para-hydroxylation sites is 1. The van der Waals surface area contributed by atoms with E-state index in [1.54, 1.807) is 0 Å². The van der Waals surface area contributed by atoms with Gasteiger partial charge in [0.05, 0.1) is 5.39 Å². The molecule has 1 aliphatic carbocycles. The van der Waals surface area contributed by atoms with Crippen molar-refractivity contribution in [3.63, 3.8) is 0 Å². The Kier molecular flexibility index (Phi) is 2.18. The zero-order valence-electron chi connectivity index (χ0n) is 11.8. The molecule has 0 spiro atoms. The fraction of sp³-hybridized carbons (Fsp3) is 0.0500. The van der Waals surface area contributed by atoms with E-state index < -0.39 is 0 Å². The molecule has 0 unspecified atom stereocenters. The van der Waals surface area contributed by atoms with E-state index in [0.717, 1.165) is 17.2 Å². The van der Waals surface area contributed by atoms with Gasteiger partial charge in [-0.1, -0.05) is 42.5 Å². The van der Waals surface area contributed by atoms with E-state index >= 15 is 0 Å². The molecule has 2 heteroatoms. The van der Waals surface area contributed by atoms with E-state index in [9.17, 15) is 4.79 Å². The number of rotatable bonds is 0. The van der Waals surface area contributed by atoms with Crippen molar-refractivity contribution in [2.75, 3.05) is 0 Å². The molecule has 0 radical (unpaired) electrons. The van der Waals surface area contributed by atoms with E-state index in [-0.39, 0.29) is 5.63 Å². The molecule has 1 aromatic heterocycles. The largest absolute Gasteiger partial charge is 0.422 e. The highest BCUT2D eigenvalue weighted by molar-refractivity contribution is 6.06. The van der Waals surface area contributed by atoms with Crippen molar-refractivity contribution in [1.29, 1.82) is 0 Å². The topological polar surface area (TPSA) is 30.2 Å². The summed E-state index contributed by atoms with van der Waals surface area (Å²) in [4.78, 5) is 12.3. The number of hydrogen-bond donors (Lipinski definition) is 0. The summed E-state index contributed by atoms with van der Waals surface area (Å²) in [6.07, 6.45) is 0.883. The molecular weight excluding hydrogens is 272 g/mol. The van der Waals surface area contributed by atoms with Gasteiger partial charge in [0.25, 0.3) is 0 Å². The van der Waals surface area contributed by atoms with E-state index in [2.05, 4.69) is 30.3 Å². The predicted molar refractivity (Wildman–Crippen MR) is 88.2 cm³/mol. The molecule has 0 N–H and O–H groups in total. The lowest BCUT2D eigenvalue weighted by Crippen LogP contribution is -2.00. The molecule has 0 fully saturated rings. The molecule has 4 aromatic rings. The highest BCUT2D eigenvalue weighted by atomic mass is 16.4. The Labute approximate surface area is 126 Å². The number of hydrogen-bond acceptors (Lipinski definition) is 2. The second-order valence-electron chi connectivity index (χ2n) is 5.77. The first-order valence-electron chi connectivity index (χ1n) is 7.38. The Hall–Kier alpha value is -2.87. The second kappa shape index (κ2) is 4.08. The Balaban J connectivity index is 1.97. The monoisotopic (exact) mass is 284 g/mol. The van der Waals surface area contributed by atoms with Gasteiger partial charge < -0.3 is 4.42 Å². The molecular formula is C20H12O2. The molecule has 5 rings (SSSR count). The maximum Gasteiger partial charge on any atom is 0.344 e. The van der Waals surface area contributed by atoms with Gasteiger partial charge in [0.15, 0.2) is 0 Å². The van der Waals surface area contributed by atoms with Gasteiger partial charge in [-0.2, -0.15) is 0 Å². The molecule has 2 nitrogen and oxygen atoms in total. The molecule has 22 heavy (non-hydrogen) atoms. The zero-order valence-corrected chi connectivity index (χ0v) is 11.8. The van der Waals surface area contributed by atoms with Gasteiger partial charge >= 0.3 is 5.63 Å². The van der Waals surface area contributed by atoms with Crippen molar-refractivity contribution in [2.45, 2.75) is 6.42 Å². The first-order valence-corrected chi connectivity index (χ1v) is 7.38. The molecule has 0 saturated carbocycles. The fourth-order valence-corrected chi connectivity index (χ4v) is 3.51. The van der Waals surface area contributed by atoms with Crippen LogP contribution in [0.2, 0.25) is 0 Å². The lowest BCUT2D eigenvalue weighted by molar-refractivity contribution is 0.569. The van der Waals surface area contributed by atoms with Crippen LogP contribution in [0.5, 0.6) is 0 Å². The molecule has 0 saturated heterocycles. The average molecular weight is 284 g/mol. The second-order valence-corrected chi connectivity index (χ2v) is 5.77. The highest BCUT2D eigenvalue weighted by Crippen LogP contribution is 2.39. The van der Waals surface area contributed by atoms with Crippen LogP contribution in [0.1, 0.15) is 11.1 Å². The maximum atomic E-state index is 12.3. The van der Waals surface area contributed by atoms with Gasteiger partial charge in [-0.15, -0.1) is 0 Å². The van der Waals surface area contributed by atoms with Crippen molar-refractivity contribution in [3.8, 4) is 11.1 Å². The smallest absolute Gasteiger partial charge is 0.344 e.